The number of benzene rings is 1. The van der Waals surface area contributed by atoms with E-state index in [0.717, 1.165) is 25.7 Å². The number of amides is 1. The zero-order valence-electron chi connectivity index (χ0n) is 11.7. The summed E-state index contributed by atoms with van der Waals surface area (Å²) in [5, 5.41) is 13.3. The van der Waals surface area contributed by atoms with Gasteiger partial charge in [0.25, 0.3) is 5.91 Å². The topological polar surface area (TPSA) is 75.3 Å². The monoisotopic (exact) mass is 340 g/mol. The highest BCUT2D eigenvalue weighted by Gasteiger charge is 2.32. The summed E-state index contributed by atoms with van der Waals surface area (Å²) in [6, 6.07) is 5.12. The van der Waals surface area contributed by atoms with Crippen LogP contribution in [-0.4, -0.2) is 23.2 Å². The van der Waals surface area contributed by atoms with Crippen molar-refractivity contribution in [2.75, 3.05) is 12.3 Å². The van der Waals surface area contributed by atoms with E-state index in [-0.39, 0.29) is 5.91 Å². The molecular formula is C15H21BrN2O2. The number of hydrogen-bond acceptors (Lipinski definition) is 3. The molecule has 2 rings (SSSR count). The third kappa shape index (κ3) is 3.73. The maximum Gasteiger partial charge on any atom is 0.252 e. The minimum atomic E-state index is -0.769. The van der Waals surface area contributed by atoms with E-state index in [9.17, 15) is 9.90 Å². The van der Waals surface area contributed by atoms with Gasteiger partial charge in [-0.25, -0.2) is 0 Å². The quantitative estimate of drug-likeness (QED) is 0.740. The summed E-state index contributed by atoms with van der Waals surface area (Å²) in [4.78, 5) is 12.2. The van der Waals surface area contributed by atoms with Gasteiger partial charge in [-0.05, 0) is 65.7 Å². The Kier molecular flexibility index (Phi) is 4.70. The van der Waals surface area contributed by atoms with Gasteiger partial charge in [0, 0.05) is 16.7 Å². The largest absolute Gasteiger partial charge is 0.399 e. The number of nitrogen functional groups attached to an aromatic ring is 1. The zero-order chi connectivity index (χ0) is 14.8. The summed E-state index contributed by atoms with van der Waals surface area (Å²) >= 11 is 3.34. The maximum absolute atomic E-state index is 12.2. The Balaban J connectivity index is 1.97. The third-order valence-corrected chi connectivity index (χ3v) is 4.71. The van der Waals surface area contributed by atoms with Crippen LogP contribution < -0.4 is 11.1 Å². The Morgan fingerprint density at radius 3 is 2.80 bits per heavy atom. The van der Waals surface area contributed by atoms with Crippen LogP contribution in [0.1, 0.15) is 43.0 Å². The van der Waals surface area contributed by atoms with Crippen molar-refractivity contribution in [1.82, 2.24) is 5.32 Å². The first-order chi connectivity index (χ1) is 9.39. The maximum atomic E-state index is 12.2. The van der Waals surface area contributed by atoms with Crippen molar-refractivity contribution in [3.05, 3.63) is 28.2 Å². The van der Waals surface area contributed by atoms with Crippen LogP contribution in [0.3, 0.4) is 0 Å². The van der Waals surface area contributed by atoms with E-state index >= 15 is 0 Å². The van der Waals surface area contributed by atoms with Gasteiger partial charge in [0.2, 0.25) is 0 Å². The van der Waals surface area contributed by atoms with Gasteiger partial charge in [-0.1, -0.05) is 6.92 Å². The molecule has 1 aromatic rings. The van der Waals surface area contributed by atoms with E-state index in [4.69, 9.17) is 5.73 Å². The normalized spacial score (nSPS) is 26.2. The Morgan fingerprint density at radius 1 is 1.50 bits per heavy atom. The molecule has 0 bridgehead atoms. The van der Waals surface area contributed by atoms with Crippen LogP contribution in [0, 0.1) is 5.92 Å². The summed E-state index contributed by atoms with van der Waals surface area (Å²) in [7, 11) is 0. The molecule has 4 N–H and O–H groups in total. The average molecular weight is 341 g/mol. The molecule has 0 atom stereocenters. The van der Waals surface area contributed by atoms with Gasteiger partial charge in [-0.15, -0.1) is 0 Å². The predicted octanol–water partition coefficient (Wildman–Crippen LogP) is 2.70. The fourth-order valence-corrected chi connectivity index (χ4v) is 2.96. The van der Waals surface area contributed by atoms with Crippen LogP contribution in [0.15, 0.2) is 22.7 Å². The molecule has 0 spiro atoms. The number of anilines is 1. The summed E-state index contributed by atoms with van der Waals surface area (Å²) in [6.07, 6.45) is 3.50. The van der Waals surface area contributed by atoms with Crippen LogP contribution in [0.2, 0.25) is 0 Å². The lowest BCUT2D eigenvalue weighted by atomic mass is 9.79. The minimum Gasteiger partial charge on any atom is -0.399 e. The number of nitrogens with two attached hydrogens (primary N) is 1. The Labute approximate surface area is 127 Å². The van der Waals surface area contributed by atoms with Gasteiger partial charge in [0.05, 0.1) is 11.2 Å². The molecule has 0 heterocycles. The van der Waals surface area contributed by atoms with E-state index < -0.39 is 5.60 Å². The fourth-order valence-electron chi connectivity index (χ4n) is 2.53. The van der Waals surface area contributed by atoms with Crippen molar-refractivity contribution in [3.63, 3.8) is 0 Å². The lowest BCUT2D eigenvalue weighted by molar-refractivity contribution is -0.00540. The van der Waals surface area contributed by atoms with Crippen LogP contribution in [-0.2, 0) is 0 Å². The number of halogens is 1. The van der Waals surface area contributed by atoms with Crippen molar-refractivity contribution in [2.45, 2.75) is 38.2 Å². The second kappa shape index (κ2) is 6.14. The third-order valence-electron chi connectivity index (χ3n) is 4.02. The van der Waals surface area contributed by atoms with E-state index in [1.165, 1.54) is 0 Å². The molecule has 5 heteroatoms. The first-order valence-corrected chi connectivity index (χ1v) is 7.74. The number of rotatable bonds is 3. The molecule has 110 valence electrons. The molecule has 1 amide bonds. The molecule has 0 unspecified atom stereocenters. The second-order valence-corrected chi connectivity index (χ2v) is 6.68. The highest BCUT2D eigenvalue weighted by Crippen LogP contribution is 2.31. The molecule has 1 aromatic carbocycles. The summed E-state index contributed by atoms with van der Waals surface area (Å²) in [5.41, 5.74) is 5.97. The first kappa shape index (κ1) is 15.3. The zero-order valence-corrected chi connectivity index (χ0v) is 13.2. The molecule has 1 fully saturated rings. The number of nitrogens with one attached hydrogen (secondary N) is 1. The number of carbonyl (C=O) groups excluding carboxylic acids is 1. The molecule has 1 aliphatic rings. The van der Waals surface area contributed by atoms with Crippen molar-refractivity contribution >= 4 is 27.5 Å². The van der Waals surface area contributed by atoms with Crippen LogP contribution in [0.5, 0.6) is 0 Å². The van der Waals surface area contributed by atoms with E-state index in [1.54, 1.807) is 18.2 Å². The molecular weight excluding hydrogens is 320 g/mol. The lowest BCUT2D eigenvalue weighted by Crippen LogP contribution is -2.45. The van der Waals surface area contributed by atoms with Gasteiger partial charge in [0.1, 0.15) is 0 Å². The van der Waals surface area contributed by atoms with Gasteiger partial charge in [-0.2, -0.15) is 0 Å². The van der Waals surface area contributed by atoms with Crippen molar-refractivity contribution in [2.24, 2.45) is 5.92 Å². The summed E-state index contributed by atoms with van der Waals surface area (Å²) in [6.45, 7) is 2.49. The molecule has 1 aliphatic carbocycles. The van der Waals surface area contributed by atoms with Gasteiger partial charge >= 0.3 is 0 Å². The smallest absolute Gasteiger partial charge is 0.252 e. The second-order valence-electron chi connectivity index (χ2n) is 5.83. The molecule has 0 aromatic heterocycles. The average Bonchev–Trinajstić information content (AvgIpc) is 2.43. The summed E-state index contributed by atoms with van der Waals surface area (Å²) < 4.78 is 0.702. The van der Waals surface area contributed by atoms with Crippen molar-refractivity contribution in [1.29, 1.82) is 0 Å². The molecule has 1 saturated carbocycles. The standard InChI is InChI=1S/C15H21BrN2O2/c1-10-4-6-15(20,7-5-10)9-18-14(19)12-8-11(17)2-3-13(12)16/h2-3,8,10,20H,4-7,9,17H2,1H3,(H,18,19). The lowest BCUT2D eigenvalue weighted by Gasteiger charge is -2.35. The Morgan fingerprint density at radius 2 is 2.15 bits per heavy atom. The van der Waals surface area contributed by atoms with E-state index in [0.29, 0.717) is 28.2 Å². The number of aliphatic hydroxyl groups is 1. The fraction of sp³-hybridized carbons (Fsp3) is 0.533. The van der Waals surface area contributed by atoms with Crippen LogP contribution in [0.25, 0.3) is 0 Å². The van der Waals surface area contributed by atoms with E-state index in [1.807, 2.05) is 0 Å². The highest BCUT2D eigenvalue weighted by molar-refractivity contribution is 9.10. The van der Waals surface area contributed by atoms with Crippen LogP contribution >= 0.6 is 15.9 Å². The molecule has 0 radical (unpaired) electrons. The molecule has 20 heavy (non-hydrogen) atoms. The molecule has 4 nitrogen and oxygen atoms in total. The number of carbonyl (C=O) groups is 1. The van der Waals surface area contributed by atoms with Gasteiger partial charge in [-0.3, -0.25) is 4.79 Å². The predicted molar refractivity (Wildman–Crippen MR) is 83.5 cm³/mol. The van der Waals surface area contributed by atoms with Gasteiger partial charge in [0.15, 0.2) is 0 Å². The van der Waals surface area contributed by atoms with Gasteiger partial charge < -0.3 is 16.2 Å². The van der Waals surface area contributed by atoms with Crippen LogP contribution in [0.4, 0.5) is 5.69 Å². The Hall–Kier alpha value is -1.07. The minimum absolute atomic E-state index is 0.212. The SMILES string of the molecule is CC1CCC(O)(CNC(=O)c2cc(N)ccc2Br)CC1. The van der Waals surface area contributed by atoms with E-state index in [2.05, 4.69) is 28.2 Å². The highest BCUT2D eigenvalue weighted by atomic mass is 79.9. The van der Waals surface area contributed by atoms with Crippen molar-refractivity contribution in [3.8, 4) is 0 Å². The summed E-state index contributed by atoms with van der Waals surface area (Å²) in [5.74, 6) is 0.449. The first-order valence-electron chi connectivity index (χ1n) is 6.95. The van der Waals surface area contributed by atoms with Crippen molar-refractivity contribution < 1.29 is 9.90 Å². The molecule has 0 saturated heterocycles. The Bertz CT molecular complexity index is 497. The molecule has 0 aliphatic heterocycles. The number of hydrogen-bond donors (Lipinski definition) is 3.